The lowest BCUT2D eigenvalue weighted by molar-refractivity contribution is -0.394. The molecule has 0 aliphatic carbocycles. The van der Waals surface area contributed by atoms with Crippen molar-refractivity contribution in [1.29, 1.82) is 0 Å². The normalized spacial score (nSPS) is 17.4. The molecule has 0 rings (SSSR count). The molecule has 27 heteroatoms. The van der Waals surface area contributed by atoms with E-state index in [9.17, 15) is 114 Å². The second kappa shape index (κ2) is 10.1. The van der Waals surface area contributed by atoms with Gasteiger partial charge in [0, 0.05) is 0 Å². The lowest BCUT2D eigenvalue weighted by atomic mass is 10.0. The van der Waals surface area contributed by atoms with Crippen molar-refractivity contribution in [2.75, 3.05) is 0 Å². The molecule has 0 spiro atoms. The molecule has 0 aliphatic heterocycles. The highest BCUT2D eigenvalue weighted by molar-refractivity contribution is 5.23. The number of rotatable bonds is 10. The molecule has 41 heavy (non-hydrogen) atoms. The SMILES string of the molecule is FC(=C(F)C(F)(F)C(F)(F)C(F)(F)C(F)(F)F)C(F)(F)OC(F)(F)C(F)=C(F)C(F)(F)C(F)(F)C(F)(F)C(F)(F)F. The van der Waals surface area contributed by atoms with Gasteiger partial charge in [0.15, 0.2) is 0 Å². The van der Waals surface area contributed by atoms with Gasteiger partial charge >= 0.3 is 60.1 Å². The first-order valence-electron chi connectivity index (χ1n) is 8.32. The van der Waals surface area contributed by atoms with E-state index in [1.165, 1.54) is 4.74 Å². The lowest BCUT2D eigenvalue weighted by Gasteiger charge is -2.33. The van der Waals surface area contributed by atoms with Crippen molar-refractivity contribution in [3.63, 3.8) is 0 Å². The molecule has 0 atom stereocenters. The fraction of sp³-hybridized carbons (Fsp3) is 0.714. The van der Waals surface area contributed by atoms with E-state index in [1.54, 1.807) is 0 Å². The molecule has 0 aromatic rings. The molecule has 0 aromatic carbocycles. The van der Waals surface area contributed by atoms with E-state index in [0.717, 1.165) is 0 Å². The second-order valence-electron chi connectivity index (χ2n) is 6.83. The molecule has 0 saturated carbocycles. The van der Waals surface area contributed by atoms with Crippen LogP contribution < -0.4 is 0 Å². The van der Waals surface area contributed by atoms with Crippen molar-refractivity contribution in [3.05, 3.63) is 23.3 Å². The number of hydrogen-bond donors (Lipinski definition) is 0. The van der Waals surface area contributed by atoms with E-state index in [4.69, 9.17) is 0 Å². The molecule has 0 saturated heterocycles. The first-order chi connectivity index (χ1) is 17.3. The van der Waals surface area contributed by atoms with Crippen molar-refractivity contribution in [2.24, 2.45) is 0 Å². The summed E-state index contributed by atoms with van der Waals surface area (Å²) in [6, 6.07) is 0. The summed E-state index contributed by atoms with van der Waals surface area (Å²) in [4.78, 5) is 0. The summed E-state index contributed by atoms with van der Waals surface area (Å²) < 4.78 is 333. The Bertz CT molecular complexity index is 953. The zero-order chi connectivity index (χ0) is 34.0. The standard InChI is InChI=1S/C14F26O/c15-1(5(19,20)9(27,28)11(31,32)13(35,36)37)3(17)7(23,24)41-8(25,26)4(18)2(16)6(21,22)10(29,30)12(33,34)14(38,39)40. The van der Waals surface area contributed by atoms with E-state index < -0.39 is 83.4 Å². The minimum Gasteiger partial charge on any atom is -0.243 e. The third kappa shape index (κ3) is 5.94. The van der Waals surface area contributed by atoms with Gasteiger partial charge in [-0.3, -0.25) is 0 Å². The Morgan fingerprint density at radius 2 is 0.488 bits per heavy atom. The minimum atomic E-state index is -8.35. The van der Waals surface area contributed by atoms with E-state index >= 15 is 0 Å². The molecule has 0 amide bonds. The van der Waals surface area contributed by atoms with E-state index in [1.807, 2.05) is 0 Å². The summed E-state index contributed by atoms with van der Waals surface area (Å²) in [6.45, 7) is 0. The maximum absolute atomic E-state index is 13.2. The van der Waals surface area contributed by atoms with Crippen LogP contribution in [0.1, 0.15) is 0 Å². The van der Waals surface area contributed by atoms with Crippen LogP contribution in [0.5, 0.6) is 0 Å². The highest BCUT2D eigenvalue weighted by Gasteiger charge is 2.85. The van der Waals surface area contributed by atoms with E-state index in [0.29, 0.717) is 0 Å². The third-order valence-electron chi connectivity index (χ3n) is 3.99. The van der Waals surface area contributed by atoms with Crippen LogP contribution in [-0.2, 0) is 4.74 Å². The summed E-state index contributed by atoms with van der Waals surface area (Å²) in [5.74, 6) is -71.5. The van der Waals surface area contributed by atoms with Gasteiger partial charge in [-0.2, -0.15) is 105 Å². The van der Waals surface area contributed by atoms with Crippen LogP contribution >= 0.6 is 0 Å². The van der Waals surface area contributed by atoms with Crippen LogP contribution in [0.4, 0.5) is 114 Å². The smallest absolute Gasteiger partial charge is 0.243 e. The Balaban J connectivity index is 6.87. The molecular weight excluding hydrogens is 678 g/mol. The molecule has 0 unspecified atom stereocenters. The average Bonchev–Trinajstić information content (AvgIpc) is 2.73. The summed E-state index contributed by atoms with van der Waals surface area (Å²) in [5.41, 5.74) is 0. The molecule has 0 aliphatic rings. The van der Waals surface area contributed by atoms with Gasteiger partial charge in [-0.1, -0.05) is 0 Å². The number of alkyl halides is 22. The van der Waals surface area contributed by atoms with Crippen LogP contribution in [0.3, 0.4) is 0 Å². The summed E-state index contributed by atoms with van der Waals surface area (Å²) in [5, 5.41) is 0. The number of allylic oxidation sites excluding steroid dienone is 2. The quantitative estimate of drug-likeness (QED) is 0.210. The predicted molar refractivity (Wildman–Crippen MR) is 71.3 cm³/mol. The lowest BCUT2D eigenvalue weighted by Crippen LogP contribution is -2.61. The molecule has 0 radical (unpaired) electrons. The molecule has 0 bridgehead atoms. The Labute approximate surface area is 204 Å². The topological polar surface area (TPSA) is 9.23 Å². The largest absolute Gasteiger partial charge is 0.460 e. The van der Waals surface area contributed by atoms with Gasteiger partial charge in [0.2, 0.25) is 23.3 Å². The number of hydrogen-bond acceptors (Lipinski definition) is 1. The average molecular weight is 678 g/mol. The van der Waals surface area contributed by atoms with Crippen LogP contribution in [0, 0.1) is 0 Å². The van der Waals surface area contributed by atoms with Crippen molar-refractivity contribution in [2.45, 2.75) is 60.1 Å². The van der Waals surface area contributed by atoms with Gasteiger partial charge in [-0.25, -0.2) is 13.5 Å². The van der Waals surface area contributed by atoms with Crippen LogP contribution in [-0.4, -0.2) is 60.1 Å². The first kappa shape index (κ1) is 38.6. The van der Waals surface area contributed by atoms with Gasteiger partial charge in [-0.15, -0.1) is 0 Å². The molecule has 0 heterocycles. The molecule has 0 aromatic heterocycles. The van der Waals surface area contributed by atoms with E-state index in [-0.39, 0.29) is 0 Å². The van der Waals surface area contributed by atoms with Crippen molar-refractivity contribution < 1.29 is 119 Å². The van der Waals surface area contributed by atoms with Crippen molar-refractivity contribution in [3.8, 4) is 0 Å². The Kier molecular flexibility index (Phi) is 9.53. The summed E-state index contributed by atoms with van der Waals surface area (Å²) in [6.07, 6.45) is -31.1. The van der Waals surface area contributed by atoms with Gasteiger partial charge in [0.25, 0.3) is 0 Å². The second-order valence-corrected chi connectivity index (χ2v) is 6.83. The Hall–Kier alpha value is -2.38. The molecular formula is C14F26O. The monoisotopic (exact) mass is 678 g/mol. The number of halogens is 26. The molecule has 0 N–H and O–H groups in total. The molecule has 0 fully saturated rings. The fourth-order valence-electron chi connectivity index (χ4n) is 1.81. The van der Waals surface area contributed by atoms with Gasteiger partial charge in [0.1, 0.15) is 0 Å². The zero-order valence-electron chi connectivity index (χ0n) is 17.2. The fourth-order valence-corrected chi connectivity index (χ4v) is 1.81. The van der Waals surface area contributed by atoms with Crippen LogP contribution in [0.2, 0.25) is 0 Å². The third-order valence-corrected chi connectivity index (χ3v) is 3.99. The Morgan fingerprint density at radius 1 is 0.293 bits per heavy atom. The van der Waals surface area contributed by atoms with Gasteiger partial charge in [0.05, 0.1) is 0 Å². The van der Waals surface area contributed by atoms with Crippen LogP contribution in [0.25, 0.3) is 0 Å². The maximum Gasteiger partial charge on any atom is 0.460 e. The Morgan fingerprint density at radius 3 is 0.659 bits per heavy atom. The minimum absolute atomic E-state index is 1.32. The maximum atomic E-state index is 13.2. The molecule has 1 nitrogen and oxygen atoms in total. The summed E-state index contributed by atoms with van der Waals surface area (Å²) in [7, 11) is 0. The highest BCUT2D eigenvalue weighted by Crippen LogP contribution is 2.58. The van der Waals surface area contributed by atoms with Crippen molar-refractivity contribution >= 4 is 0 Å². The van der Waals surface area contributed by atoms with Gasteiger partial charge < -0.3 is 0 Å². The zero-order valence-corrected chi connectivity index (χ0v) is 17.2. The number of ether oxygens (including phenoxy) is 1. The van der Waals surface area contributed by atoms with Crippen molar-refractivity contribution in [1.82, 2.24) is 0 Å². The predicted octanol–water partition coefficient (Wildman–Crippen LogP) is 9.43. The molecule has 244 valence electrons. The van der Waals surface area contributed by atoms with Gasteiger partial charge in [-0.05, 0) is 0 Å². The van der Waals surface area contributed by atoms with Crippen LogP contribution in [0.15, 0.2) is 23.3 Å². The first-order valence-corrected chi connectivity index (χ1v) is 8.32. The summed E-state index contributed by atoms with van der Waals surface area (Å²) >= 11 is 0. The highest BCUT2D eigenvalue weighted by atomic mass is 19.4. The van der Waals surface area contributed by atoms with E-state index in [2.05, 4.69) is 0 Å².